The van der Waals surface area contributed by atoms with E-state index >= 15 is 0 Å². The summed E-state index contributed by atoms with van der Waals surface area (Å²) < 4.78 is 36.8. The van der Waals surface area contributed by atoms with Crippen LogP contribution in [0.2, 0.25) is 0 Å². The van der Waals surface area contributed by atoms with Crippen molar-refractivity contribution >= 4 is 16.0 Å². The Morgan fingerprint density at radius 2 is 2.00 bits per heavy atom. The number of hydrogen-bond acceptors (Lipinski definition) is 5. The maximum absolute atomic E-state index is 12.6. The number of carboxylic acids is 1. The highest BCUT2D eigenvalue weighted by Gasteiger charge is 2.39. The molecule has 7 nitrogen and oxygen atoms in total. The van der Waals surface area contributed by atoms with Gasteiger partial charge in [-0.2, -0.15) is 4.31 Å². The summed E-state index contributed by atoms with van der Waals surface area (Å²) in [4.78, 5) is 11.2. The van der Waals surface area contributed by atoms with Gasteiger partial charge >= 0.3 is 5.97 Å². The molecule has 0 spiro atoms. The molecule has 23 heavy (non-hydrogen) atoms. The molecule has 8 heteroatoms. The van der Waals surface area contributed by atoms with Crippen molar-refractivity contribution in [1.29, 1.82) is 0 Å². The quantitative estimate of drug-likeness (QED) is 0.716. The van der Waals surface area contributed by atoms with E-state index in [1.807, 2.05) is 6.92 Å². The predicted octanol–water partition coefficient (Wildman–Crippen LogP) is 1.34. The Bertz CT molecular complexity index is 628. The van der Waals surface area contributed by atoms with Gasteiger partial charge in [0, 0.05) is 13.2 Å². The number of ether oxygens (including phenoxy) is 2. The largest absolute Gasteiger partial charge is 0.491 e. The summed E-state index contributed by atoms with van der Waals surface area (Å²) in [7, 11) is -3.81. The van der Waals surface area contributed by atoms with Gasteiger partial charge in [0.25, 0.3) is 0 Å². The minimum Gasteiger partial charge on any atom is -0.491 e. The zero-order chi connectivity index (χ0) is 16.9. The summed E-state index contributed by atoms with van der Waals surface area (Å²) >= 11 is 0. The lowest BCUT2D eigenvalue weighted by atomic mass is 10.2. The van der Waals surface area contributed by atoms with Gasteiger partial charge in [-0.05, 0) is 44.0 Å². The smallest absolute Gasteiger partial charge is 0.322 e. The van der Waals surface area contributed by atoms with Crippen molar-refractivity contribution in [3.8, 4) is 5.75 Å². The second-order valence-electron chi connectivity index (χ2n) is 5.13. The minimum atomic E-state index is -3.81. The SMILES string of the molecule is CCOCCOc1ccc(S(=O)(=O)N2CCC[C@H]2C(=O)O)cc1. The lowest BCUT2D eigenvalue weighted by molar-refractivity contribution is -0.140. The molecular weight excluding hydrogens is 322 g/mol. The lowest BCUT2D eigenvalue weighted by Crippen LogP contribution is -2.40. The number of hydrogen-bond donors (Lipinski definition) is 1. The molecule has 1 aliphatic rings. The molecule has 1 aromatic carbocycles. The van der Waals surface area contributed by atoms with E-state index in [1.54, 1.807) is 12.1 Å². The Balaban J connectivity index is 2.07. The number of nitrogens with zero attached hydrogens (tertiary/aromatic N) is 1. The molecule has 0 saturated carbocycles. The predicted molar refractivity (Wildman–Crippen MR) is 83.0 cm³/mol. The molecular formula is C15H21NO6S. The van der Waals surface area contributed by atoms with E-state index in [4.69, 9.17) is 14.6 Å². The van der Waals surface area contributed by atoms with E-state index in [0.29, 0.717) is 38.4 Å². The number of benzene rings is 1. The summed E-state index contributed by atoms with van der Waals surface area (Å²) in [6.45, 7) is 3.58. The third-order valence-corrected chi connectivity index (χ3v) is 5.54. The second kappa shape index (κ2) is 7.76. The molecule has 1 atom stereocenters. The maximum atomic E-state index is 12.6. The molecule has 0 amide bonds. The normalized spacial score (nSPS) is 18.9. The molecule has 0 aliphatic carbocycles. The summed E-state index contributed by atoms with van der Waals surface area (Å²) in [6.07, 6.45) is 0.891. The van der Waals surface area contributed by atoms with Crippen molar-refractivity contribution in [2.45, 2.75) is 30.7 Å². The lowest BCUT2D eigenvalue weighted by Gasteiger charge is -2.21. The van der Waals surface area contributed by atoms with Gasteiger partial charge in [0.1, 0.15) is 18.4 Å². The van der Waals surface area contributed by atoms with Gasteiger partial charge in [0.2, 0.25) is 10.0 Å². The standard InChI is InChI=1S/C15H21NO6S/c1-2-21-10-11-22-12-5-7-13(8-6-12)23(19,20)16-9-3-4-14(16)15(17)18/h5-8,14H,2-4,9-11H2,1H3,(H,17,18)/t14-/m0/s1. The third-order valence-electron chi connectivity index (χ3n) is 3.62. The van der Waals surface area contributed by atoms with Gasteiger partial charge in [0.15, 0.2) is 0 Å². The molecule has 2 rings (SSSR count). The topological polar surface area (TPSA) is 93.1 Å². The Kier molecular flexibility index (Phi) is 5.97. The molecule has 0 radical (unpaired) electrons. The first kappa shape index (κ1) is 17.7. The molecule has 1 aliphatic heterocycles. The molecule has 1 aromatic rings. The molecule has 0 aromatic heterocycles. The zero-order valence-corrected chi connectivity index (χ0v) is 13.8. The van der Waals surface area contributed by atoms with Gasteiger partial charge in [0.05, 0.1) is 11.5 Å². The van der Waals surface area contributed by atoms with Crippen molar-refractivity contribution in [2.24, 2.45) is 0 Å². The second-order valence-corrected chi connectivity index (χ2v) is 7.02. The Morgan fingerprint density at radius 3 is 2.61 bits per heavy atom. The maximum Gasteiger partial charge on any atom is 0.322 e. The first-order chi connectivity index (χ1) is 11.0. The van der Waals surface area contributed by atoms with Crippen molar-refractivity contribution in [1.82, 2.24) is 4.31 Å². The monoisotopic (exact) mass is 343 g/mol. The number of carbonyl (C=O) groups is 1. The zero-order valence-electron chi connectivity index (χ0n) is 13.0. The van der Waals surface area contributed by atoms with Crippen LogP contribution >= 0.6 is 0 Å². The molecule has 0 bridgehead atoms. The van der Waals surface area contributed by atoms with E-state index in [0.717, 1.165) is 4.31 Å². The van der Waals surface area contributed by atoms with Gasteiger partial charge in [-0.15, -0.1) is 0 Å². The van der Waals surface area contributed by atoms with Crippen LogP contribution in [0.25, 0.3) is 0 Å². The fourth-order valence-electron chi connectivity index (χ4n) is 2.48. The first-order valence-corrected chi connectivity index (χ1v) is 8.96. The number of carboxylic acid groups (broad SMARTS) is 1. The van der Waals surface area contributed by atoms with E-state index in [9.17, 15) is 13.2 Å². The third kappa shape index (κ3) is 4.21. The van der Waals surface area contributed by atoms with Crippen LogP contribution in [0.4, 0.5) is 0 Å². The van der Waals surface area contributed by atoms with Gasteiger partial charge in [-0.1, -0.05) is 0 Å². The highest BCUT2D eigenvalue weighted by Crippen LogP contribution is 2.27. The molecule has 1 heterocycles. The van der Waals surface area contributed by atoms with Crippen molar-refractivity contribution in [3.63, 3.8) is 0 Å². The van der Waals surface area contributed by atoms with E-state index in [2.05, 4.69) is 0 Å². The van der Waals surface area contributed by atoms with Crippen LogP contribution in [0, 0.1) is 0 Å². The van der Waals surface area contributed by atoms with E-state index in [-0.39, 0.29) is 11.4 Å². The Labute approximate surface area is 135 Å². The first-order valence-electron chi connectivity index (χ1n) is 7.52. The molecule has 1 saturated heterocycles. The minimum absolute atomic E-state index is 0.0720. The average molecular weight is 343 g/mol. The van der Waals surface area contributed by atoms with Crippen LogP contribution in [0.3, 0.4) is 0 Å². The number of aliphatic carboxylic acids is 1. The molecule has 128 valence electrons. The fraction of sp³-hybridized carbons (Fsp3) is 0.533. The summed E-state index contributed by atoms with van der Waals surface area (Å²) in [6, 6.07) is 5.00. The van der Waals surface area contributed by atoms with Crippen LogP contribution in [0.5, 0.6) is 5.75 Å². The van der Waals surface area contributed by atoms with Crippen LogP contribution in [0.15, 0.2) is 29.2 Å². The Morgan fingerprint density at radius 1 is 1.30 bits per heavy atom. The van der Waals surface area contributed by atoms with Crippen LogP contribution in [0.1, 0.15) is 19.8 Å². The highest BCUT2D eigenvalue weighted by atomic mass is 32.2. The molecule has 1 fully saturated rings. The summed E-state index contributed by atoms with van der Waals surface area (Å²) in [5.74, 6) is -0.568. The number of rotatable bonds is 8. The Hall–Kier alpha value is -1.64. The highest BCUT2D eigenvalue weighted by molar-refractivity contribution is 7.89. The van der Waals surface area contributed by atoms with Gasteiger partial charge in [-0.25, -0.2) is 8.42 Å². The van der Waals surface area contributed by atoms with Crippen LogP contribution in [-0.2, 0) is 19.6 Å². The average Bonchev–Trinajstić information content (AvgIpc) is 3.03. The number of sulfonamides is 1. The summed E-state index contributed by atoms with van der Waals surface area (Å²) in [5, 5.41) is 9.14. The summed E-state index contributed by atoms with van der Waals surface area (Å²) in [5.41, 5.74) is 0. The van der Waals surface area contributed by atoms with E-state index in [1.165, 1.54) is 12.1 Å². The molecule has 0 unspecified atom stereocenters. The van der Waals surface area contributed by atoms with Crippen LogP contribution < -0.4 is 4.74 Å². The van der Waals surface area contributed by atoms with Crippen LogP contribution in [-0.4, -0.2) is 56.2 Å². The van der Waals surface area contributed by atoms with Crippen molar-refractivity contribution in [2.75, 3.05) is 26.4 Å². The van der Waals surface area contributed by atoms with Gasteiger partial charge in [-0.3, -0.25) is 4.79 Å². The van der Waals surface area contributed by atoms with Crippen molar-refractivity contribution in [3.05, 3.63) is 24.3 Å². The van der Waals surface area contributed by atoms with Gasteiger partial charge < -0.3 is 14.6 Å². The van der Waals surface area contributed by atoms with E-state index < -0.39 is 22.0 Å². The van der Waals surface area contributed by atoms with Crippen molar-refractivity contribution < 1.29 is 27.8 Å². The fourth-order valence-corrected chi connectivity index (χ4v) is 4.13. The molecule has 1 N–H and O–H groups in total.